The Hall–Kier alpha value is -1.58. The second-order valence-electron chi connectivity index (χ2n) is 7.59. The molecule has 0 spiro atoms. The highest BCUT2D eigenvalue weighted by Gasteiger charge is 2.62. The molecule has 1 aromatic rings. The summed E-state index contributed by atoms with van der Waals surface area (Å²) in [5.74, 6) is -2.65. The standard InChI is InChI=1S/C18H22FNO6/c1-17(2)23-11-12(24-17)14-16(26-18(3,4)25-14)22-13(11)15(21)20-10-7-5-6-9(19)8-10/h5-8,11-14,16H,1-4H3,(H,20,21)/t11-,12+,13-,14-,16+/m1/s1. The van der Waals surface area contributed by atoms with Crippen LogP contribution in [0.4, 0.5) is 10.1 Å². The first kappa shape index (κ1) is 17.8. The summed E-state index contributed by atoms with van der Waals surface area (Å²) in [4.78, 5) is 12.8. The van der Waals surface area contributed by atoms with Crippen LogP contribution in [0.3, 0.4) is 0 Å². The molecule has 7 nitrogen and oxygen atoms in total. The first-order valence-electron chi connectivity index (χ1n) is 8.57. The molecule has 3 fully saturated rings. The minimum atomic E-state index is -0.983. The van der Waals surface area contributed by atoms with Crippen LogP contribution in [0.5, 0.6) is 0 Å². The van der Waals surface area contributed by atoms with Crippen LogP contribution in [0.25, 0.3) is 0 Å². The first-order chi connectivity index (χ1) is 12.1. The second kappa shape index (κ2) is 5.97. The number of halogens is 1. The summed E-state index contributed by atoms with van der Waals surface area (Å²) in [6, 6.07) is 5.64. The van der Waals surface area contributed by atoms with Crippen molar-refractivity contribution < 1.29 is 32.9 Å². The van der Waals surface area contributed by atoms with Crippen molar-refractivity contribution in [3.63, 3.8) is 0 Å². The molecule has 8 heteroatoms. The smallest absolute Gasteiger partial charge is 0.256 e. The van der Waals surface area contributed by atoms with E-state index in [2.05, 4.69) is 5.32 Å². The molecule has 4 rings (SSSR count). The van der Waals surface area contributed by atoms with Crippen molar-refractivity contribution in [1.29, 1.82) is 0 Å². The highest BCUT2D eigenvalue weighted by Crippen LogP contribution is 2.44. The number of benzene rings is 1. The fourth-order valence-electron chi connectivity index (χ4n) is 3.60. The molecule has 1 amide bonds. The molecule has 142 valence electrons. The molecule has 3 saturated heterocycles. The van der Waals surface area contributed by atoms with Crippen LogP contribution in [0.1, 0.15) is 27.7 Å². The lowest BCUT2D eigenvalue weighted by Crippen LogP contribution is -2.58. The molecule has 0 aromatic heterocycles. The summed E-state index contributed by atoms with van der Waals surface area (Å²) in [6.45, 7) is 7.07. The van der Waals surface area contributed by atoms with Gasteiger partial charge in [0.25, 0.3) is 5.91 Å². The van der Waals surface area contributed by atoms with E-state index < -0.39 is 54.0 Å². The van der Waals surface area contributed by atoms with E-state index in [1.165, 1.54) is 18.2 Å². The Kier molecular flexibility index (Phi) is 4.09. The molecule has 3 heterocycles. The molecule has 26 heavy (non-hydrogen) atoms. The summed E-state index contributed by atoms with van der Waals surface area (Å²) in [7, 11) is 0. The van der Waals surface area contributed by atoms with Gasteiger partial charge >= 0.3 is 0 Å². The number of ether oxygens (including phenoxy) is 5. The lowest BCUT2D eigenvalue weighted by atomic mass is 9.98. The van der Waals surface area contributed by atoms with E-state index in [1.54, 1.807) is 33.8 Å². The second-order valence-corrected chi connectivity index (χ2v) is 7.59. The number of hydrogen-bond donors (Lipinski definition) is 1. The Morgan fingerprint density at radius 2 is 1.65 bits per heavy atom. The summed E-state index contributed by atoms with van der Waals surface area (Å²) in [6.07, 6.45) is -3.43. The van der Waals surface area contributed by atoms with Crippen LogP contribution in [-0.4, -0.2) is 48.2 Å². The van der Waals surface area contributed by atoms with Crippen molar-refractivity contribution in [2.24, 2.45) is 0 Å². The Morgan fingerprint density at radius 1 is 1.00 bits per heavy atom. The van der Waals surface area contributed by atoms with E-state index >= 15 is 0 Å². The van der Waals surface area contributed by atoms with Gasteiger partial charge in [-0.3, -0.25) is 4.79 Å². The van der Waals surface area contributed by atoms with E-state index in [0.717, 1.165) is 0 Å². The maximum atomic E-state index is 13.4. The fourth-order valence-corrected chi connectivity index (χ4v) is 3.60. The Labute approximate surface area is 150 Å². The van der Waals surface area contributed by atoms with Crippen LogP contribution in [0, 0.1) is 5.82 Å². The van der Waals surface area contributed by atoms with Crippen LogP contribution >= 0.6 is 0 Å². The molecule has 1 aromatic carbocycles. The summed E-state index contributed by atoms with van der Waals surface area (Å²) in [5.41, 5.74) is 0.333. The predicted octanol–water partition coefficient (Wildman–Crippen LogP) is 2.16. The van der Waals surface area contributed by atoms with Gasteiger partial charge in [-0.05, 0) is 45.9 Å². The maximum absolute atomic E-state index is 13.4. The zero-order chi connectivity index (χ0) is 18.7. The molecule has 0 unspecified atom stereocenters. The van der Waals surface area contributed by atoms with E-state index in [4.69, 9.17) is 23.7 Å². The summed E-state index contributed by atoms with van der Waals surface area (Å²) < 4.78 is 42.8. The lowest BCUT2D eigenvalue weighted by Gasteiger charge is -2.36. The topological polar surface area (TPSA) is 75.3 Å². The minimum absolute atomic E-state index is 0.333. The normalized spacial score (nSPS) is 37.0. The van der Waals surface area contributed by atoms with Crippen molar-refractivity contribution in [3.05, 3.63) is 30.1 Å². The van der Waals surface area contributed by atoms with E-state index in [9.17, 15) is 9.18 Å². The van der Waals surface area contributed by atoms with Crippen molar-refractivity contribution in [3.8, 4) is 0 Å². The van der Waals surface area contributed by atoms with Gasteiger partial charge in [-0.15, -0.1) is 0 Å². The molecule has 0 aliphatic carbocycles. The van der Waals surface area contributed by atoms with Crippen molar-refractivity contribution in [2.45, 2.75) is 70.0 Å². The summed E-state index contributed by atoms with van der Waals surface area (Å²) >= 11 is 0. The zero-order valence-electron chi connectivity index (χ0n) is 15.0. The Balaban J connectivity index is 1.58. The van der Waals surface area contributed by atoms with Crippen molar-refractivity contribution >= 4 is 11.6 Å². The van der Waals surface area contributed by atoms with Gasteiger partial charge in [-0.1, -0.05) is 6.07 Å². The lowest BCUT2D eigenvalue weighted by molar-refractivity contribution is -0.229. The number of anilines is 1. The quantitative estimate of drug-likeness (QED) is 0.863. The molecule has 0 saturated carbocycles. The van der Waals surface area contributed by atoms with Gasteiger partial charge in [0.2, 0.25) is 0 Å². The van der Waals surface area contributed by atoms with Gasteiger partial charge in [0.15, 0.2) is 24.0 Å². The van der Waals surface area contributed by atoms with Crippen molar-refractivity contribution in [2.75, 3.05) is 5.32 Å². The highest BCUT2D eigenvalue weighted by molar-refractivity contribution is 5.94. The maximum Gasteiger partial charge on any atom is 0.256 e. The van der Waals surface area contributed by atoms with E-state index in [1.807, 2.05) is 0 Å². The van der Waals surface area contributed by atoms with Gasteiger partial charge in [-0.25, -0.2) is 4.39 Å². The monoisotopic (exact) mass is 367 g/mol. The van der Waals surface area contributed by atoms with Crippen LogP contribution in [-0.2, 0) is 28.5 Å². The van der Waals surface area contributed by atoms with E-state index in [-0.39, 0.29) is 0 Å². The Morgan fingerprint density at radius 3 is 2.38 bits per heavy atom. The summed E-state index contributed by atoms with van der Waals surface area (Å²) in [5, 5.41) is 2.66. The third-order valence-corrected chi connectivity index (χ3v) is 4.51. The number of amides is 1. The molecule has 1 N–H and O–H groups in total. The SMILES string of the molecule is CC1(C)O[C@H]2[C@@H](O1)[C@H](C(=O)Nc1cccc(F)c1)O[C@H]1OC(C)(C)O[C@@H]12. The van der Waals surface area contributed by atoms with Gasteiger partial charge < -0.3 is 29.0 Å². The highest BCUT2D eigenvalue weighted by atomic mass is 19.1. The average Bonchev–Trinajstić information content (AvgIpc) is 3.00. The molecular formula is C18H22FNO6. The number of rotatable bonds is 2. The van der Waals surface area contributed by atoms with Gasteiger partial charge in [0.1, 0.15) is 24.1 Å². The fraction of sp³-hybridized carbons (Fsp3) is 0.611. The minimum Gasteiger partial charge on any atom is -0.342 e. The molecular weight excluding hydrogens is 345 g/mol. The molecule has 3 aliphatic rings. The number of hydrogen-bond acceptors (Lipinski definition) is 6. The number of carbonyl (C=O) groups is 1. The molecule has 0 radical (unpaired) electrons. The number of nitrogens with one attached hydrogen (secondary N) is 1. The number of fused-ring (bicyclic) bond motifs is 3. The Bertz CT molecular complexity index is 723. The zero-order valence-corrected chi connectivity index (χ0v) is 15.0. The van der Waals surface area contributed by atoms with Crippen LogP contribution < -0.4 is 5.32 Å². The third kappa shape index (κ3) is 3.23. The predicted molar refractivity (Wildman–Crippen MR) is 87.6 cm³/mol. The van der Waals surface area contributed by atoms with Gasteiger partial charge in [0.05, 0.1) is 0 Å². The van der Waals surface area contributed by atoms with Crippen LogP contribution in [0.2, 0.25) is 0 Å². The van der Waals surface area contributed by atoms with Gasteiger partial charge in [0, 0.05) is 5.69 Å². The number of carbonyl (C=O) groups excluding carboxylic acids is 1. The molecule has 0 bridgehead atoms. The molecule has 3 aliphatic heterocycles. The van der Waals surface area contributed by atoms with E-state index in [0.29, 0.717) is 5.69 Å². The van der Waals surface area contributed by atoms with Crippen LogP contribution in [0.15, 0.2) is 24.3 Å². The van der Waals surface area contributed by atoms with Crippen molar-refractivity contribution in [1.82, 2.24) is 0 Å². The third-order valence-electron chi connectivity index (χ3n) is 4.51. The van der Waals surface area contributed by atoms with Gasteiger partial charge in [-0.2, -0.15) is 0 Å². The average molecular weight is 367 g/mol. The largest absolute Gasteiger partial charge is 0.342 e. The molecule has 5 atom stereocenters. The first-order valence-corrected chi connectivity index (χ1v) is 8.57.